The van der Waals surface area contributed by atoms with E-state index in [1.165, 1.54) is 29.0 Å². The van der Waals surface area contributed by atoms with Crippen LogP contribution in [0.15, 0.2) is 79.1 Å². The summed E-state index contributed by atoms with van der Waals surface area (Å²) in [5, 5.41) is 23.8. The van der Waals surface area contributed by atoms with Gasteiger partial charge in [-0.15, -0.1) is 5.10 Å². The molecule has 1 aliphatic heterocycles. The number of nitrogens with zero attached hydrogens (tertiary/aromatic N) is 6. The number of nitrogens with one attached hydrogen (secondary N) is 1. The van der Waals surface area contributed by atoms with Crippen molar-refractivity contribution >= 4 is 41.3 Å². The van der Waals surface area contributed by atoms with Gasteiger partial charge in [-0.05, 0) is 69.9 Å². The lowest BCUT2D eigenvalue weighted by Crippen LogP contribution is -2.44. The van der Waals surface area contributed by atoms with Crippen LogP contribution < -0.4 is 5.32 Å². The fraction of sp³-hybridized carbons (Fsp3) is 0.172. The van der Waals surface area contributed by atoms with Crippen molar-refractivity contribution in [2.24, 2.45) is 0 Å². The summed E-state index contributed by atoms with van der Waals surface area (Å²) in [7, 11) is 1.48. The smallest absolute Gasteiger partial charge is 0.407 e. The van der Waals surface area contributed by atoms with E-state index in [9.17, 15) is 14.4 Å². The van der Waals surface area contributed by atoms with E-state index in [0.717, 1.165) is 16.7 Å². The first-order valence-electron chi connectivity index (χ1n) is 12.7. The summed E-state index contributed by atoms with van der Waals surface area (Å²) in [5.74, 6) is -0.694. The van der Waals surface area contributed by atoms with Crippen LogP contribution in [0.1, 0.15) is 28.3 Å². The average Bonchev–Trinajstić information content (AvgIpc) is 3.51. The first kappa shape index (κ1) is 27.5. The fourth-order valence-electron chi connectivity index (χ4n) is 4.73. The van der Waals surface area contributed by atoms with Crippen molar-refractivity contribution < 1.29 is 19.5 Å². The number of fused-ring (bicyclic) bond motifs is 1. The van der Waals surface area contributed by atoms with E-state index in [-0.39, 0.29) is 18.4 Å². The summed E-state index contributed by atoms with van der Waals surface area (Å²) in [5.41, 5.74) is 4.34. The van der Waals surface area contributed by atoms with Crippen LogP contribution in [0, 0.1) is 0 Å². The number of hydrogen-bond acceptors (Lipinski definition) is 6. The second-order valence-electron chi connectivity index (χ2n) is 9.50. The first-order valence-corrected chi connectivity index (χ1v) is 13.1. The summed E-state index contributed by atoms with van der Waals surface area (Å²) >= 11 is 6.22. The van der Waals surface area contributed by atoms with E-state index in [1.54, 1.807) is 53.4 Å². The highest BCUT2D eigenvalue weighted by molar-refractivity contribution is 6.30. The van der Waals surface area contributed by atoms with E-state index in [4.69, 9.17) is 16.7 Å². The molecule has 5 rings (SSSR count). The molecule has 3 amide bonds. The Kier molecular flexibility index (Phi) is 8.06. The molecule has 0 fully saturated rings. The third-order valence-corrected chi connectivity index (χ3v) is 7.01. The molecule has 0 radical (unpaired) electrons. The minimum atomic E-state index is -1.03. The van der Waals surface area contributed by atoms with Gasteiger partial charge in [-0.1, -0.05) is 48.0 Å². The van der Waals surface area contributed by atoms with Gasteiger partial charge in [0.15, 0.2) is 0 Å². The molecule has 0 unspecified atom stereocenters. The zero-order chi connectivity index (χ0) is 28.9. The van der Waals surface area contributed by atoms with Gasteiger partial charge in [-0.2, -0.15) is 4.68 Å². The first-order chi connectivity index (χ1) is 19.8. The van der Waals surface area contributed by atoms with Crippen LogP contribution in [0.3, 0.4) is 0 Å². The molecule has 41 heavy (non-hydrogen) atoms. The lowest BCUT2D eigenvalue weighted by molar-refractivity contribution is -0.135. The van der Waals surface area contributed by atoms with E-state index in [2.05, 4.69) is 20.8 Å². The van der Waals surface area contributed by atoms with Gasteiger partial charge in [0.2, 0.25) is 5.91 Å². The maximum atomic E-state index is 13.7. The predicted molar refractivity (Wildman–Crippen MR) is 152 cm³/mol. The quantitative estimate of drug-likeness (QED) is 0.317. The second kappa shape index (κ2) is 12.0. The topological polar surface area (TPSA) is 134 Å². The summed E-state index contributed by atoms with van der Waals surface area (Å²) in [6.45, 7) is 0.573. The van der Waals surface area contributed by atoms with Crippen molar-refractivity contribution in [2.75, 3.05) is 18.9 Å². The van der Waals surface area contributed by atoms with Crippen molar-refractivity contribution in [3.8, 4) is 5.69 Å². The highest BCUT2D eigenvalue weighted by Gasteiger charge is 2.35. The Morgan fingerprint density at radius 2 is 1.90 bits per heavy atom. The molecule has 1 atom stereocenters. The molecule has 2 heterocycles. The number of rotatable bonds is 7. The number of aromatic nitrogens is 4. The molecule has 0 bridgehead atoms. The van der Waals surface area contributed by atoms with Crippen LogP contribution in [-0.2, 0) is 22.6 Å². The molecule has 4 aromatic rings. The number of tetrazole rings is 1. The van der Waals surface area contributed by atoms with Gasteiger partial charge in [0.1, 0.15) is 12.4 Å². The molecule has 3 aromatic carbocycles. The normalized spacial score (nSPS) is 14.5. The van der Waals surface area contributed by atoms with Crippen LogP contribution in [-0.4, -0.2) is 66.6 Å². The zero-order valence-corrected chi connectivity index (χ0v) is 22.8. The van der Waals surface area contributed by atoms with Crippen LogP contribution in [0.25, 0.3) is 11.8 Å². The van der Waals surface area contributed by atoms with Gasteiger partial charge in [0.05, 0.1) is 5.69 Å². The minimum absolute atomic E-state index is 0.218. The summed E-state index contributed by atoms with van der Waals surface area (Å²) in [6, 6.07) is 18.8. The molecule has 1 aliphatic rings. The molecule has 2 N–H and O–H groups in total. The Morgan fingerprint density at radius 1 is 1.12 bits per heavy atom. The second-order valence-corrected chi connectivity index (χ2v) is 9.94. The maximum absolute atomic E-state index is 13.7. The van der Waals surface area contributed by atoms with E-state index in [1.807, 2.05) is 24.3 Å². The lowest BCUT2D eigenvalue weighted by Gasteiger charge is -2.35. The molecule has 0 saturated heterocycles. The highest BCUT2D eigenvalue weighted by atomic mass is 35.5. The molecule has 208 valence electrons. The fourth-order valence-corrected chi connectivity index (χ4v) is 4.91. The Labute approximate surface area is 240 Å². The zero-order valence-electron chi connectivity index (χ0n) is 22.0. The van der Waals surface area contributed by atoms with Crippen molar-refractivity contribution in [1.82, 2.24) is 30.0 Å². The Morgan fingerprint density at radius 3 is 2.63 bits per heavy atom. The van der Waals surface area contributed by atoms with Crippen LogP contribution in [0.5, 0.6) is 0 Å². The van der Waals surface area contributed by atoms with E-state index >= 15 is 0 Å². The molecule has 0 saturated carbocycles. The highest BCUT2D eigenvalue weighted by Crippen LogP contribution is 2.31. The van der Waals surface area contributed by atoms with E-state index in [0.29, 0.717) is 34.9 Å². The molecular formula is C29H26ClN7O4. The molecule has 1 aromatic heterocycles. The number of halogens is 1. The number of anilines is 1. The summed E-state index contributed by atoms with van der Waals surface area (Å²) < 4.78 is 1.47. The molecule has 12 heteroatoms. The number of carboxylic acid groups (broad SMARTS) is 1. The molecular weight excluding hydrogens is 546 g/mol. The van der Waals surface area contributed by atoms with Gasteiger partial charge in [0, 0.05) is 42.5 Å². The van der Waals surface area contributed by atoms with Gasteiger partial charge >= 0.3 is 6.09 Å². The minimum Gasteiger partial charge on any atom is -0.465 e. The third kappa shape index (κ3) is 6.25. The largest absolute Gasteiger partial charge is 0.465 e. The van der Waals surface area contributed by atoms with Crippen molar-refractivity contribution in [3.63, 3.8) is 0 Å². The third-order valence-electron chi connectivity index (χ3n) is 6.77. The van der Waals surface area contributed by atoms with Gasteiger partial charge in [-0.25, -0.2) is 4.79 Å². The Bertz CT molecular complexity index is 1610. The van der Waals surface area contributed by atoms with Gasteiger partial charge < -0.3 is 20.2 Å². The van der Waals surface area contributed by atoms with E-state index < -0.39 is 12.1 Å². The molecule has 0 aliphatic carbocycles. The molecule has 0 spiro atoms. The predicted octanol–water partition coefficient (Wildman–Crippen LogP) is 4.20. The number of benzene rings is 3. The van der Waals surface area contributed by atoms with Crippen LogP contribution in [0.2, 0.25) is 5.02 Å². The van der Waals surface area contributed by atoms with Crippen LogP contribution in [0.4, 0.5) is 10.5 Å². The number of hydrogen-bond donors (Lipinski definition) is 2. The molecule has 11 nitrogen and oxygen atoms in total. The van der Waals surface area contributed by atoms with Gasteiger partial charge in [0.25, 0.3) is 5.91 Å². The van der Waals surface area contributed by atoms with Crippen molar-refractivity contribution in [2.45, 2.75) is 19.0 Å². The lowest BCUT2D eigenvalue weighted by atomic mass is 9.91. The standard InChI is InChI=1S/C29H26ClN7O4/c1-35(29(40)41)17-19-6-10-23(11-7-19)32-28(39)27-24-5-3-2-4-20(24)14-15-36(27)26(38)13-8-21-16-22(30)9-12-25(21)37-18-31-33-34-37/h2-13,16,18,27H,14-15,17H2,1H3,(H,32,39)(H,40,41)/b13-8+/t27-/m0/s1. The average molecular weight is 572 g/mol. The van der Waals surface area contributed by atoms with Crippen molar-refractivity contribution in [1.29, 1.82) is 0 Å². The van der Waals surface area contributed by atoms with Crippen LogP contribution >= 0.6 is 11.6 Å². The Balaban J connectivity index is 1.39. The Hall–Kier alpha value is -5.03. The number of carbonyl (C=O) groups is 3. The number of carbonyl (C=O) groups excluding carboxylic acids is 2. The van der Waals surface area contributed by atoms with Gasteiger partial charge in [-0.3, -0.25) is 9.59 Å². The summed E-state index contributed by atoms with van der Waals surface area (Å²) in [6.07, 6.45) is 4.08. The summed E-state index contributed by atoms with van der Waals surface area (Å²) in [4.78, 5) is 41.0. The van der Waals surface area contributed by atoms with Crippen molar-refractivity contribution in [3.05, 3.63) is 106 Å². The monoisotopic (exact) mass is 571 g/mol. The SMILES string of the molecule is CN(Cc1ccc(NC(=O)[C@@H]2c3ccccc3CCN2C(=O)/C=C/c2cc(Cl)ccc2-n2cnnn2)cc1)C(=O)O. The number of amides is 3. The maximum Gasteiger partial charge on any atom is 0.407 e.